The molecule has 1 fully saturated rings. The Labute approximate surface area is 215 Å². The van der Waals surface area contributed by atoms with E-state index in [-0.39, 0.29) is 5.91 Å². The summed E-state index contributed by atoms with van der Waals surface area (Å²) in [6, 6.07) is 22.1. The van der Waals surface area contributed by atoms with Gasteiger partial charge in [0.2, 0.25) is 5.91 Å². The van der Waals surface area contributed by atoms with E-state index in [2.05, 4.69) is 51.8 Å². The highest BCUT2D eigenvalue weighted by atomic mass is 32.2. The van der Waals surface area contributed by atoms with Gasteiger partial charge in [0.15, 0.2) is 11.0 Å². The molecule has 7 nitrogen and oxygen atoms in total. The molecule has 1 unspecified atom stereocenters. The lowest BCUT2D eigenvalue weighted by molar-refractivity contribution is -0.134. The Morgan fingerprint density at radius 2 is 1.69 bits per heavy atom. The standard InChI is InChI=1S/C28H29N5O2S/c1-20(2)23-12-6-7-13-24(23)33-26(22-11-8-14-29-19-22)30-31-28(33)36-25(21-9-4-3-5-10-21)27(34)32-15-17-35-18-16-32/h3-14,19-20,25H,15-18H2,1-2H3. The third-order valence-corrected chi connectivity index (χ3v) is 7.41. The van der Waals surface area contributed by atoms with Crippen LogP contribution in [0.3, 0.4) is 0 Å². The fourth-order valence-electron chi connectivity index (χ4n) is 4.37. The van der Waals surface area contributed by atoms with Crippen molar-refractivity contribution in [1.29, 1.82) is 0 Å². The molecular weight excluding hydrogens is 470 g/mol. The number of carbonyl (C=O) groups excluding carboxylic acids is 1. The Morgan fingerprint density at radius 3 is 2.42 bits per heavy atom. The summed E-state index contributed by atoms with van der Waals surface area (Å²) in [4.78, 5) is 20.0. The van der Waals surface area contributed by atoms with Gasteiger partial charge in [-0.1, -0.05) is 74.1 Å². The summed E-state index contributed by atoms with van der Waals surface area (Å²) in [5.41, 5.74) is 3.99. The number of rotatable bonds is 7. The van der Waals surface area contributed by atoms with Crippen molar-refractivity contribution in [2.24, 2.45) is 0 Å². The molecular formula is C28H29N5O2S. The molecule has 1 atom stereocenters. The van der Waals surface area contributed by atoms with Crippen molar-refractivity contribution in [3.05, 3.63) is 90.3 Å². The number of carbonyl (C=O) groups is 1. The van der Waals surface area contributed by atoms with Gasteiger partial charge in [-0.15, -0.1) is 10.2 Å². The van der Waals surface area contributed by atoms with E-state index in [1.165, 1.54) is 17.3 Å². The van der Waals surface area contributed by atoms with Crippen LogP contribution < -0.4 is 0 Å². The molecule has 0 bridgehead atoms. The van der Waals surface area contributed by atoms with E-state index < -0.39 is 5.25 Å². The maximum Gasteiger partial charge on any atom is 0.240 e. The second-order valence-corrected chi connectivity index (χ2v) is 10.0. The molecule has 1 aliphatic rings. The van der Waals surface area contributed by atoms with Crippen LogP contribution in [0.25, 0.3) is 17.1 Å². The van der Waals surface area contributed by atoms with Crippen LogP contribution in [0.1, 0.15) is 36.1 Å². The predicted molar refractivity (Wildman–Crippen MR) is 141 cm³/mol. The van der Waals surface area contributed by atoms with Crippen LogP contribution in [-0.4, -0.2) is 56.9 Å². The minimum Gasteiger partial charge on any atom is -0.378 e. The lowest BCUT2D eigenvalue weighted by atomic mass is 10.0. The number of thioether (sulfide) groups is 1. The van der Waals surface area contributed by atoms with E-state index >= 15 is 0 Å². The quantitative estimate of drug-likeness (QED) is 0.328. The minimum atomic E-state index is -0.458. The average molecular weight is 500 g/mol. The van der Waals surface area contributed by atoms with Crippen LogP contribution in [0.5, 0.6) is 0 Å². The molecule has 1 amide bonds. The van der Waals surface area contributed by atoms with Gasteiger partial charge in [0.1, 0.15) is 5.25 Å². The third-order valence-electron chi connectivity index (χ3n) is 6.23. The largest absolute Gasteiger partial charge is 0.378 e. The highest BCUT2D eigenvalue weighted by Crippen LogP contribution is 2.39. The fourth-order valence-corrected chi connectivity index (χ4v) is 5.50. The van der Waals surface area contributed by atoms with Crippen LogP contribution in [0.15, 0.2) is 84.3 Å². The van der Waals surface area contributed by atoms with E-state index in [0.29, 0.717) is 43.2 Å². The first-order valence-electron chi connectivity index (χ1n) is 12.2. The van der Waals surface area contributed by atoms with E-state index in [9.17, 15) is 4.79 Å². The molecule has 1 aliphatic heterocycles. The van der Waals surface area contributed by atoms with E-state index in [1.54, 1.807) is 12.4 Å². The maximum absolute atomic E-state index is 13.8. The van der Waals surface area contributed by atoms with Gasteiger partial charge in [0.05, 0.1) is 18.9 Å². The van der Waals surface area contributed by atoms with Crippen molar-refractivity contribution in [3.8, 4) is 17.1 Å². The second-order valence-electron chi connectivity index (χ2n) is 8.94. The van der Waals surface area contributed by atoms with Crippen molar-refractivity contribution in [2.45, 2.75) is 30.2 Å². The van der Waals surface area contributed by atoms with Crippen molar-refractivity contribution in [3.63, 3.8) is 0 Å². The monoisotopic (exact) mass is 499 g/mol. The molecule has 0 saturated carbocycles. The van der Waals surface area contributed by atoms with E-state index in [1.807, 2.05) is 53.4 Å². The number of hydrogen-bond donors (Lipinski definition) is 0. The number of amides is 1. The summed E-state index contributed by atoms with van der Waals surface area (Å²) in [6.07, 6.45) is 3.54. The molecule has 184 valence electrons. The number of morpholine rings is 1. The zero-order valence-electron chi connectivity index (χ0n) is 20.4. The number of ether oxygens (including phenoxy) is 1. The van der Waals surface area contributed by atoms with Crippen molar-refractivity contribution >= 4 is 17.7 Å². The van der Waals surface area contributed by atoms with E-state index in [0.717, 1.165) is 16.8 Å². The Morgan fingerprint density at radius 1 is 0.944 bits per heavy atom. The number of aromatic nitrogens is 4. The second kappa shape index (κ2) is 11.1. The summed E-state index contributed by atoms with van der Waals surface area (Å²) < 4.78 is 7.55. The van der Waals surface area contributed by atoms with Crippen LogP contribution in [0.2, 0.25) is 0 Å². The first-order valence-corrected chi connectivity index (χ1v) is 13.0. The fraction of sp³-hybridized carbons (Fsp3) is 0.286. The molecule has 36 heavy (non-hydrogen) atoms. The molecule has 2 aromatic carbocycles. The molecule has 0 radical (unpaired) electrons. The van der Waals surface area contributed by atoms with Crippen LogP contribution in [0.4, 0.5) is 0 Å². The minimum absolute atomic E-state index is 0.0594. The summed E-state index contributed by atoms with van der Waals surface area (Å²) in [7, 11) is 0. The average Bonchev–Trinajstić information content (AvgIpc) is 3.36. The molecule has 0 aliphatic carbocycles. The van der Waals surface area contributed by atoms with Crippen LogP contribution >= 0.6 is 11.8 Å². The van der Waals surface area contributed by atoms with Gasteiger partial charge >= 0.3 is 0 Å². The Kier molecular flexibility index (Phi) is 7.44. The van der Waals surface area contributed by atoms with Crippen molar-refractivity contribution < 1.29 is 9.53 Å². The molecule has 0 N–H and O–H groups in total. The Balaban J connectivity index is 1.62. The lowest BCUT2D eigenvalue weighted by Gasteiger charge is -2.30. The Hall–Kier alpha value is -3.49. The summed E-state index contributed by atoms with van der Waals surface area (Å²) in [6.45, 7) is 6.64. The maximum atomic E-state index is 13.8. The van der Waals surface area contributed by atoms with Crippen molar-refractivity contribution in [2.75, 3.05) is 26.3 Å². The van der Waals surface area contributed by atoms with Gasteiger partial charge in [0, 0.05) is 31.0 Å². The number of pyridine rings is 1. The zero-order valence-corrected chi connectivity index (χ0v) is 21.3. The van der Waals surface area contributed by atoms with Crippen LogP contribution in [0, 0.1) is 0 Å². The lowest BCUT2D eigenvalue weighted by Crippen LogP contribution is -2.42. The van der Waals surface area contributed by atoms with Crippen molar-refractivity contribution in [1.82, 2.24) is 24.6 Å². The highest BCUT2D eigenvalue weighted by molar-refractivity contribution is 8.00. The topological polar surface area (TPSA) is 73.1 Å². The Bertz CT molecular complexity index is 1300. The molecule has 4 aromatic rings. The van der Waals surface area contributed by atoms with Gasteiger partial charge in [-0.05, 0) is 35.2 Å². The van der Waals surface area contributed by atoms with Gasteiger partial charge in [-0.25, -0.2) is 0 Å². The number of para-hydroxylation sites is 1. The van der Waals surface area contributed by atoms with Gasteiger partial charge < -0.3 is 9.64 Å². The summed E-state index contributed by atoms with van der Waals surface area (Å²) in [5.74, 6) is 1.05. The third kappa shape index (κ3) is 5.05. The van der Waals surface area contributed by atoms with Crippen LogP contribution in [-0.2, 0) is 9.53 Å². The summed E-state index contributed by atoms with van der Waals surface area (Å²) in [5, 5.41) is 9.41. The highest BCUT2D eigenvalue weighted by Gasteiger charge is 2.31. The predicted octanol–water partition coefficient (Wildman–Crippen LogP) is 5.14. The zero-order chi connectivity index (χ0) is 24.9. The van der Waals surface area contributed by atoms with Gasteiger partial charge in [-0.3, -0.25) is 14.3 Å². The SMILES string of the molecule is CC(C)c1ccccc1-n1c(SC(C(=O)N2CCOCC2)c2ccccc2)nnc1-c1cccnc1. The number of benzene rings is 2. The van der Waals surface area contributed by atoms with E-state index in [4.69, 9.17) is 4.74 Å². The summed E-state index contributed by atoms with van der Waals surface area (Å²) >= 11 is 1.44. The normalized spacial score (nSPS) is 14.7. The molecule has 8 heteroatoms. The number of nitrogens with zero attached hydrogens (tertiary/aromatic N) is 5. The molecule has 3 heterocycles. The first kappa shape index (κ1) is 24.2. The molecule has 0 spiro atoms. The molecule has 5 rings (SSSR count). The van der Waals surface area contributed by atoms with Gasteiger partial charge in [-0.2, -0.15) is 0 Å². The first-order chi connectivity index (χ1) is 17.6. The van der Waals surface area contributed by atoms with Gasteiger partial charge in [0.25, 0.3) is 0 Å². The molecule has 1 saturated heterocycles. The smallest absolute Gasteiger partial charge is 0.240 e. The molecule has 2 aromatic heterocycles. The number of hydrogen-bond acceptors (Lipinski definition) is 6.